The van der Waals surface area contributed by atoms with Gasteiger partial charge in [0.1, 0.15) is 0 Å². The van der Waals surface area contributed by atoms with Crippen molar-refractivity contribution < 1.29 is 8.42 Å². The first-order chi connectivity index (χ1) is 6.02. The average molecular weight is 245 g/mol. The number of thioether (sulfide) groups is 1. The first-order valence-corrected chi connectivity index (χ1v) is 7.80. The molecule has 0 bridgehead atoms. The lowest BCUT2D eigenvalue weighted by Crippen LogP contribution is -2.12. The second-order valence-corrected chi connectivity index (χ2v) is 7.29. The van der Waals surface area contributed by atoms with Crippen molar-refractivity contribution in [1.82, 2.24) is 0 Å². The van der Waals surface area contributed by atoms with Gasteiger partial charge in [0.15, 0.2) is 9.84 Å². The molecule has 2 nitrogen and oxygen atoms in total. The van der Waals surface area contributed by atoms with E-state index in [1.54, 1.807) is 18.7 Å². The van der Waals surface area contributed by atoms with Gasteiger partial charge >= 0.3 is 0 Å². The van der Waals surface area contributed by atoms with Crippen LogP contribution in [0.2, 0.25) is 0 Å². The van der Waals surface area contributed by atoms with Crippen molar-refractivity contribution in [3.8, 4) is 0 Å². The Kier molecular flexibility index (Phi) is 7.27. The van der Waals surface area contributed by atoms with Crippen LogP contribution < -0.4 is 0 Å². The van der Waals surface area contributed by atoms with Gasteiger partial charge in [0.05, 0.1) is 5.75 Å². The molecule has 0 spiro atoms. The molecule has 0 aromatic rings. The van der Waals surface area contributed by atoms with E-state index in [1.165, 1.54) is 0 Å². The van der Waals surface area contributed by atoms with E-state index in [2.05, 4.69) is 6.92 Å². The zero-order chi connectivity index (χ0) is 10.3. The Morgan fingerprint density at radius 1 is 1.46 bits per heavy atom. The summed E-state index contributed by atoms with van der Waals surface area (Å²) in [6.07, 6.45) is 0.943. The molecule has 0 radical (unpaired) electrons. The van der Waals surface area contributed by atoms with Crippen molar-refractivity contribution in [3.05, 3.63) is 0 Å². The first-order valence-electron chi connectivity index (χ1n) is 4.40. The van der Waals surface area contributed by atoms with Crippen LogP contribution in [0.3, 0.4) is 0 Å². The number of rotatable bonds is 7. The van der Waals surface area contributed by atoms with Gasteiger partial charge in [0.2, 0.25) is 0 Å². The molecule has 0 saturated heterocycles. The minimum atomic E-state index is -2.78. The van der Waals surface area contributed by atoms with E-state index in [0.717, 1.165) is 6.42 Å². The normalized spacial score (nSPS) is 14.4. The topological polar surface area (TPSA) is 34.1 Å². The summed E-state index contributed by atoms with van der Waals surface area (Å²) < 4.78 is 22.2. The molecule has 0 heterocycles. The van der Waals surface area contributed by atoms with Crippen molar-refractivity contribution in [2.24, 2.45) is 0 Å². The van der Waals surface area contributed by atoms with E-state index < -0.39 is 9.84 Å². The van der Waals surface area contributed by atoms with Crippen LogP contribution in [0.4, 0.5) is 0 Å². The van der Waals surface area contributed by atoms with Crippen LogP contribution in [-0.2, 0) is 9.84 Å². The Labute approximate surface area is 90.3 Å². The van der Waals surface area contributed by atoms with E-state index in [4.69, 9.17) is 11.6 Å². The van der Waals surface area contributed by atoms with E-state index in [1.807, 2.05) is 0 Å². The molecule has 0 amide bonds. The predicted molar refractivity (Wildman–Crippen MR) is 61.6 cm³/mol. The zero-order valence-electron chi connectivity index (χ0n) is 8.12. The minimum Gasteiger partial charge on any atom is -0.229 e. The summed E-state index contributed by atoms with van der Waals surface area (Å²) in [4.78, 5) is 0. The van der Waals surface area contributed by atoms with Crippen LogP contribution in [-0.4, -0.2) is 36.8 Å². The molecule has 0 aromatic heterocycles. The van der Waals surface area contributed by atoms with Crippen LogP contribution in [0.25, 0.3) is 0 Å². The third kappa shape index (κ3) is 7.65. The van der Waals surface area contributed by atoms with Crippen LogP contribution >= 0.6 is 23.4 Å². The Morgan fingerprint density at radius 3 is 2.54 bits per heavy atom. The summed E-state index contributed by atoms with van der Waals surface area (Å²) in [5.41, 5.74) is 0. The van der Waals surface area contributed by atoms with Crippen molar-refractivity contribution in [2.75, 3.05) is 23.1 Å². The number of sulfone groups is 1. The lowest BCUT2D eigenvalue weighted by atomic mass is 10.4. The van der Waals surface area contributed by atoms with Crippen molar-refractivity contribution in [3.63, 3.8) is 0 Å². The summed E-state index contributed by atoms with van der Waals surface area (Å²) in [6.45, 7) is 3.76. The Balaban J connectivity index is 3.56. The second kappa shape index (κ2) is 6.96. The summed E-state index contributed by atoms with van der Waals surface area (Å²) >= 11 is 7.24. The highest BCUT2D eigenvalue weighted by atomic mass is 35.5. The minimum absolute atomic E-state index is 0.247. The molecule has 0 aromatic carbocycles. The lowest BCUT2D eigenvalue weighted by molar-refractivity contribution is 0.598. The Morgan fingerprint density at radius 2 is 2.08 bits per heavy atom. The quantitative estimate of drug-likeness (QED) is 0.644. The van der Waals surface area contributed by atoms with Crippen molar-refractivity contribution >= 4 is 33.2 Å². The van der Waals surface area contributed by atoms with Crippen molar-refractivity contribution in [2.45, 2.75) is 25.5 Å². The number of alkyl halides is 1. The number of halogens is 1. The van der Waals surface area contributed by atoms with Gasteiger partial charge in [0.25, 0.3) is 0 Å². The molecular weight excluding hydrogens is 228 g/mol. The maximum atomic E-state index is 11.1. The Hall–Kier alpha value is 0.590. The number of hydrogen-bond acceptors (Lipinski definition) is 3. The molecule has 1 atom stereocenters. The summed E-state index contributed by atoms with van der Waals surface area (Å²) in [5, 5.41) is 0.463. The maximum Gasteiger partial charge on any atom is 0.150 e. The van der Waals surface area contributed by atoms with E-state index >= 15 is 0 Å². The van der Waals surface area contributed by atoms with Gasteiger partial charge in [-0.15, -0.1) is 11.6 Å². The molecule has 80 valence electrons. The van der Waals surface area contributed by atoms with E-state index in [-0.39, 0.29) is 5.75 Å². The molecule has 5 heteroatoms. The van der Waals surface area contributed by atoms with Gasteiger partial charge in [-0.25, -0.2) is 8.42 Å². The fourth-order valence-corrected chi connectivity index (χ4v) is 3.59. The third-order valence-corrected chi connectivity index (χ3v) is 5.18. The fourth-order valence-electron chi connectivity index (χ4n) is 0.758. The van der Waals surface area contributed by atoms with Crippen molar-refractivity contribution in [1.29, 1.82) is 0 Å². The monoisotopic (exact) mass is 244 g/mol. The highest BCUT2D eigenvalue weighted by molar-refractivity contribution is 8.01. The third-order valence-electron chi connectivity index (χ3n) is 1.75. The highest BCUT2D eigenvalue weighted by Crippen LogP contribution is 2.14. The fraction of sp³-hybridized carbons (Fsp3) is 1.00. The molecule has 1 unspecified atom stereocenters. The first kappa shape index (κ1) is 13.6. The van der Waals surface area contributed by atoms with Gasteiger partial charge < -0.3 is 0 Å². The smallest absolute Gasteiger partial charge is 0.150 e. The lowest BCUT2D eigenvalue weighted by Gasteiger charge is -2.08. The molecule has 0 aliphatic carbocycles. The molecule has 0 aliphatic heterocycles. The van der Waals surface area contributed by atoms with Crippen LogP contribution in [0, 0.1) is 0 Å². The molecule has 0 rings (SSSR count). The van der Waals surface area contributed by atoms with Crippen LogP contribution in [0.1, 0.15) is 20.3 Å². The van der Waals surface area contributed by atoms with E-state index in [9.17, 15) is 8.42 Å². The molecule has 13 heavy (non-hydrogen) atoms. The van der Waals surface area contributed by atoms with Crippen LogP contribution in [0.15, 0.2) is 0 Å². The Bertz CT molecular complexity index is 214. The SMILES string of the molecule is CCS(=O)(=O)CCSC(C)CCCl. The molecular formula is C8H17ClO2S2. The molecule has 0 saturated carbocycles. The van der Waals surface area contributed by atoms with Crippen LogP contribution in [0.5, 0.6) is 0 Å². The second-order valence-electron chi connectivity index (χ2n) is 2.90. The highest BCUT2D eigenvalue weighted by Gasteiger charge is 2.08. The summed E-state index contributed by atoms with van der Waals surface area (Å²) in [7, 11) is -2.78. The molecule has 0 aliphatic rings. The summed E-state index contributed by atoms with van der Waals surface area (Å²) in [6, 6.07) is 0. The summed E-state index contributed by atoms with van der Waals surface area (Å²) in [5.74, 6) is 1.88. The molecule has 0 N–H and O–H groups in total. The zero-order valence-corrected chi connectivity index (χ0v) is 10.5. The van der Waals surface area contributed by atoms with Gasteiger partial charge in [-0.05, 0) is 6.42 Å². The molecule has 0 fully saturated rings. The average Bonchev–Trinajstić information content (AvgIpc) is 2.05. The number of hydrogen-bond donors (Lipinski definition) is 0. The van der Waals surface area contributed by atoms with Gasteiger partial charge in [-0.2, -0.15) is 11.8 Å². The van der Waals surface area contributed by atoms with Gasteiger partial charge in [-0.3, -0.25) is 0 Å². The maximum absolute atomic E-state index is 11.1. The van der Waals surface area contributed by atoms with Gasteiger partial charge in [-0.1, -0.05) is 13.8 Å². The largest absolute Gasteiger partial charge is 0.229 e. The standard InChI is InChI=1S/C8H17ClO2S2/c1-3-13(10,11)7-6-12-8(2)4-5-9/h8H,3-7H2,1-2H3. The predicted octanol–water partition coefficient (Wildman–Crippen LogP) is 2.17. The van der Waals surface area contributed by atoms with Gasteiger partial charge in [0, 0.05) is 22.6 Å². The van der Waals surface area contributed by atoms with E-state index in [0.29, 0.717) is 22.6 Å².